The number of carbonyl (C=O) groups is 2. The Hall–Kier alpha value is -1.84. The van der Waals surface area contributed by atoms with Crippen LogP contribution in [-0.2, 0) is 11.2 Å². The van der Waals surface area contributed by atoms with Crippen molar-refractivity contribution >= 4 is 12.3 Å². The van der Waals surface area contributed by atoms with E-state index in [2.05, 4.69) is 0 Å². The molecular formula is C11H12O4. The fraction of sp³-hybridized carbons (Fsp3) is 0.273. The number of carbonyl (C=O) groups excluding carboxylic acids is 1. The van der Waals surface area contributed by atoms with Gasteiger partial charge in [0.15, 0.2) is 6.29 Å². The summed E-state index contributed by atoms with van der Waals surface area (Å²) in [6, 6.07) is 4.79. The number of aldehydes is 1. The Morgan fingerprint density at radius 2 is 2.13 bits per heavy atom. The summed E-state index contributed by atoms with van der Waals surface area (Å²) in [5.41, 5.74) is 0.939. The van der Waals surface area contributed by atoms with Crippen LogP contribution in [0.15, 0.2) is 18.2 Å². The van der Waals surface area contributed by atoms with E-state index in [0.717, 1.165) is 0 Å². The van der Waals surface area contributed by atoms with Gasteiger partial charge in [0.1, 0.15) is 5.75 Å². The first-order valence-corrected chi connectivity index (χ1v) is 4.63. The fourth-order valence-corrected chi connectivity index (χ4v) is 1.38. The molecule has 0 saturated carbocycles. The Morgan fingerprint density at radius 1 is 1.40 bits per heavy atom. The van der Waals surface area contributed by atoms with E-state index in [4.69, 9.17) is 5.11 Å². The lowest BCUT2D eigenvalue weighted by atomic mass is 10.0. The Bertz CT molecular complexity index is 371. The number of aromatic hydroxyl groups is 1. The van der Waals surface area contributed by atoms with E-state index in [-0.39, 0.29) is 17.7 Å². The van der Waals surface area contributed by atoms with E-state index >= 15 is 0 Å². The van der Waals surface area contributed by atoms with Crippen LogP contribution in [0.25, 0.3) is 0 Å². The minimum atomic E-state index is -0.859. The molecule has 0 aliphatic carbocycles. The van der Waals surface area contributed by atoms with Gasteiger partial charge in [-0.25, -0.2) is 0 Å². The van der Waals surface area contributed by atoms with Crippen molar-refractivity contribution in [1.82, 2.24) is 0 Å². The quantitative estimate of drug-likeness (QED) is 0.721. The molecule has 0 unspecified atom stereocenters. The maximum atomic E-state index is 10.7. The molecule has 0 amide bonds. The molecule has 4 nitrogen and oxygen atoms in total. The zero-order valence-electron chi connectivity index (χ0n) is 8.14. The van der Waals surface area contributed by atoms with Gasteiger partial charge in [0.25, 0.3) is 0 Å². The zero-order valence-corrected chi connectivity index (χ0v) is 8.14. The minimum Gasteiger partial charge on any atom is -0.507 e. The maximum absolute atomic E-state index is 10.7. The zero-order chi connectivity index (χ0) is 11.3. The van der Waals surface area contributed by atoms with Gasteiger partial charge in [0.05, 0.1) is 5.56 Å². The van der Waals surface area contributed by atoms with Gasteiger partial charge in [-0.1, -0.05) is 12.1 Å². The lowest BCUT2D eigenvalue weighted by Crippen LogP contribution is -1.98. The second kappa shape index (κ2) is 5.14. The van der Waals surface area contributed by atoms with Crippen molar-refractivity contribution in [2.24, 2.45) is 0 Å². The summed E-state index contributed by atoms with van der Waals surface area (Å²) >= 11 is 0. The number of carboxylic acid groups (broad SMARTS) is 1. The van der Waals surface area contributed by atoms with E-state index in [1.165, 1.54) is 6.07 Å². The van der Waals surface area contributed by atoms with Gasteiger partial charge in [-0.15, -0.1) is 0 Å². The SMILES string of the molecule is O=Cc1c(O)cccc1CCCC(=O)O. The van der Waals surface area contributed by atoms with E-state index in [1.54, 1.807) is 12.1 Å². The topological polar surface area (TPSA) is 74.6 Å². The van der Waals surface area contributed by atoms with Crippen LogP contribution in [0.1, 0.15) is 28.8 Å². The third-order valence-corrected chi connectivity index (χ3v) is 2.13. The fourth-order valence-electron chi connectivity index (χ4n) is 1.38. The first-order valence-electron chi connectivity index (χ1n) is 4.63. The summed E-state index contributed by atoms with van der Waals surface area (Å²) in [4.78, 5) is 21.0. The molecule has 0 saturated heterocycles. The van der Waals surface area contributed by atoms with Crippen molar-refractivity contribution in [3.05, 3.63) is 29.3 Å². The van der Waals surface area contributed by atoms with Gasteiger partial charge in [0.2, 0.25) is 0 Å². The van der Waals surface area contributed by atoms with Crippen LogP contribution in [-0.4, -0.2) is 22.5 Å². The Kier molecular flexibility index (Phi) is 3.85. The lowest BCUT2D eigenvalue weighted by molar-refractivity contribution is -0.137. The molecule has 2 N–H and O–H groups in total. The molecule has 0 spiro atoms. The summed E-state index contributed by atoms with van der Waals surface area (Å²) in [6.07, 6.45) is 1.59. The second-order valence-corrected chi connectivity index (χ2v) is 3.22. The molecule has 0 fully saturated rings. The molecule has 0 aliphatic heterocycles. The predicted molar refractivity (Wildman–Crippen MR) is 54.1 cm³/mol. The number of aliphatic carboxylic acids is 1. The van der Waals surface area contributed by atoms with Gasteiger partial charge >= 0.3 is 5.97 Å². The lowest BCUT2D eigenvalue weighted by Gasteiger charge is -2.05. The highest BCUT2D eigenvalue weighted by atomic mass is 16.4. The number of phenols is 1. The molecular weight excluding hydrogens is 196 g/mol. The molecule has 0 aromatic heterocycles. The number of phenolic OH excluding ortho intramolecular Hbond substituents is 1. The first-order chi connectivity index (χ1) is 7.15. The van der Waals surface area contributed by atoms with Gasteiger partial charge in [0, 0.05) is 6.42 Å². The molecule has 1 rings (SSSR count). The first kappa shape index (κ1) is 11.2. The smallest absolute Gasteiger partial charge is 0.303 e. The third kappa shape index (κ3) is 3.09. The van der Waals surface area contributed by atoms with Crippen LogP contribution in [0, 0.1) is 0 Å². The molecule has 4 heteroatoms. The van der Waals surface area contributed by atoms with Crippen molar-refractivity contribution in [2.75, 3.05) is 0 Å². The number of carboxylic acids is 1. The molecule has 80 valence electrons. The van der Waals surface area contributed by atoms with Crippen molar-refractivity contribution in [3.8, 4) is 5.75 Å². The highest BCUT2D eigenvalue weighted by Gasteiger charge is 2.06. The number of hydrogen-bond acceptors (Lipinski definition) is 3. The van der Waals surface area contributed by atoms with Crippen molar-refractivity contribution in [3.63, 3.8) is 0 Å². The van der Waals surface area contributed by atoms with Crippen LogP contribution in [0.5, 0.6) is 5.75 Å². The van der Waals surface area contributed by atoms with E-state index in [0.29, 0.717) is 24.7 Å². The molecule has 1 aromatic carbocycles. The Balaban J connectivity index is 2.72. The highest BCUT2D eigenvalue weighted by Crippen LogP contribution is 2.20. The van der Waals surface area contributed by atoms with Crippen molar-refractivity contribution in [1.29, 1.82) is 0 Å². The average molecular weight is 208 g/mol. The third-order valence-electron chi connectivity index (χ3n) is 2.13. The van der Waals surface area contributed by atoms with E-state index in [1.807, 2.05) is 0 Å². The molecule has 0 aliphatic rings. The maximum Gasteiger partial charge on any atom is 0.303 e. The monoisotopic (exact) mass is 208 g/mol. The highest BCUT2D eigenvalue weighted by molar-refractivity contribution is 5.81. The average Bonchev–Trinajstić information content (AvgIpc) is 2.17. The minimum absolute atomic E-state index is 0.0576. The van der Waals surface area contributed by atoms with Gasteiger partial charge in [-0.05, 0) is 24.5 Å². The molecule has 0 bridgehead atoms. The number of aryl methyl sites for hydroxylation is 1. The van der Waals surface area contributed by atoms with Crippen LogP contribution >= 0.6 is 0 Å². The molecule has 0 atom stereocenters. The van der Waals surface area contributed by atoms with Crippen molar-refractivity contribution in [2.45, 2.75) is 19.3 Å². The van der Waals surface area contributed by atoms with Crippen molar-refractivity contribution < 1.29 is 19.8 Å². The summed E-state index contributed by atoms with van der Waals surface area (Å²) in [5.74, 6) is -0.916. The Morgan fingerprint density at radius 3 is 2.73 bits per heavy atom. The molecule has 0 heterocycles. The van der Waals surface area contributed by atoms with Gasteiger partial charge in [-0.2, -0.15) is 0 Å². The summed E-state index contributed by atoms with van der Waals surface area (Å²) in [7, 11) is 0. The molecule has 0 radical (unpaired) electrons. The normalized spacial score (nSPS) is 9.87. The van der Waals surface area contributed by atoms with Crippen LogP contribution in [0.3, 0.4) is 0 Å². The van der Waals surface area contributed by atoms with E-state index < -0.39 is 5.97 Å². The largest absolute Gasteiger partial charge is 0.507 e. The number of hydrogen-bond donors (Lipinski definition) is 2. The summed E-state index contributed by atoms with van der Waals surface area (Å²) < 4.78 is 0. The summed E-state index contributed by atoms with van der Waals surface area (Å²) in [5, 5.41) is 17.8. The second-order valence-electron chi connectivity index (χ2n) is 3.22. The van der Waals surface area contributed by atoms with Crippen LogP contribution < -0.4 is 0 Å². The number of rotatable bonds is 5. The summed E-state index contributed by atoms with van der Waals surface area (Å²) in [6.45, 7) is 0. The molecule has 1 aromatic rings. The predicted octanol–water partition coefficient (Wildman–Crippen LogP) is 1.61. The standard InChI is InChI=1S/C11H12O4/c12-7-9-8(3-1-5-10(9)13)4-2-6-11(14)15/h1,3,5,7,13H,2,4,6H2,(H,14,15). The van der Waals surface area contributed by atoms with Gasteiger partial charge < -0.3 is 10.2 Å². The molecule has 15 heavy (non-hydrogen) atoms. The van der Waals surface area contributed by atoms with Gasteiger partial charge in [-0.3, -0.25) is 9.59 Å². The van der Waals surface area contributed by atoms with Crippen LogP contribution in [0.4, 0.5) is 0 Å². The van der Waals surface area contributed by atoms with E-state index in [9.17, 15) is 14.7 Å². The Labute approximate surface area is 87.2 Å². The number of benzene rings is 1. The van der Waals surface area contributed by atoms with Crippen LogP contribution in [0.2, 0.25) is 0 Å².